The average Bonchev–Trinajstić information content (AvgIpc) is 3.29. The van der Waals surface area contributed by atoms with Crippen LogP contribution >= 0.6 is 0 Å². The Hall–Kier alpha value is -2.62. The zero-order valence-corrected chi connectivity index (χ0v) is 21.0. The number of hydrogen-bond acceptors (Lipinski definition) is 2. The number of amides is 2. The fourth-order valence-electron chi connectivity index (χ4n) is 4.43. The lowest BCUT2D eigenvalue weighted by atomic mass is 9.86. The van der Waals surface area contributed by atoms with Crippen LogP contribution < -0.4 is 5.32 Å². The van der Waals surface area contributed by atoms with Crippen LogP contribution in [0.4, 0.5) is 0 Å². The second-order valence-electron chi connectivity index (χ2n) is 10.6. The molecule has 0 bridgehead atoms. The summed E-state index contributed by atoms with van der Waals surface area (Å²) >= 11 is 0. The Bertz CT molecular complexity index is 920. The molecule has 178 valence electrons. The van der Waals surface area contributed by atoms with E-state index in [0.717, 1.165) is 24.0 Å². The summed E-state index contributed by atoms with van der Waals surface area (Å²) in [6.07, 6.45) is 5.47. The predicted molar refractivity (Wildman–Crippen MR) is 135 cm³/mol. The number of carbonyl (C=O) groups excluding carboxylic acids is 2. The molecular weight excluding hydrogens is 408 g/mol. The first-order chi connectivity index (χ1) is 15.6. The molecular formula is C29H40N2O2. The van der Waals surface area contributed by atoms with Crippen LogP contribution in [-0.4, -0.2) is 28.8 Å². The summed E-state index contributed by atoms with van der Waals surface area (Å²) in [4.78, 5) is 28.1. The number of carbonyl (C=O) groups is 2. The average molecular weight is 449 g/mol. The Morgan fingerprint density at radius 1 is 0.970 bits per heavy atom. The number of nitrogens with one attached hydrogen (secondary N) is 1. The summed E-state index contributed by atoms with van der Waals surface area (Å²) < 4.78 is 0. The zero-order valence-electron chi connectivity index (χ0n) is 21.0. The molecule has 2 aromatic rings. The number of hydrogen-bond donors (Lipinski definition) is 1. The second-order valence-corrected chi connectivity index (χ2v) is 10.6. The van der Waals surface area contributed by atoms with Crippen LogP contribution in [-0.2, 0) is 28.0 Å². The van der Waals surface area contributed by atoms with Crippen molar-refractivity contribution in [3.05, 3.63) is 70.8 Å². The van der Waals surface area contributed by atoms with Crippen LogP contribution in [0.3, 0.4) is 0 Å². The predicted octanol–water partition coefficient (Wildman–Crippen LogP) is 5.70. The van der Waals surface area contributed by atoms with Gasteiger partial charge in [-0.15, -0.1) is 0 Å². The quantitative estimate of drug-likeness (QED) is 0.563. The van der Waals surface area contributed by atoms with Gasteiger partial charge in [-0.1, -0.05) is 87.7 Å². The highest BCUT2D eigenvalue weighted by atomic mass is 16.2. The lowest BCUT2D eigenvalue weighted by Gasteiger charge is -2.30. The van der Waals surface area contributed by atoms with E-state index < -0.39 is 6.04 Å². The Balaban J connectivity index is 1.69. The molecule has 0 radical (unpaired) electrons. The van der Waals surface area contributed by atoms with Crippen molar-refractivity contribution in [1.82, 2.24) is 10.2 Å². The standard InChI is InChI=1S/C29H40N2O2/c1-21-10-12-24(13-11-21)20-31(22(2)28(33)30-26-8-6-7-9-26)27(32)19-16-23-14-17-25(18-15-23)29(3,4)5/h10-15,17-18,22,26H,6-9,16,19-20H2,1-5H3,(H,30,33)/t22-/m0/s1. The van der Waals surface area contributed by atoms with Crippen LogP contribution in [0, 0.1) is 6.92 Å². The van der Waals surface area contributed by atoms with Gasteiger partial charge < -0.3 is 10.2 Å². The Morgan fingerprint density at radius 3 is 2.12 bits per heavy atom. The topological polar surface area (TPSA) is 49.4 Å². The maximum atomic E-state index is 13.3. The molecule has 1 aliphatic rings. The molecule has 0 unspecified atom stereocenters. The summed E-state index contributed by atoms with van der Waals surface area (Å²) in [5.74, 6) is -0.0264. The van der Waals surface area contributed by atoms with Gasteiger partial charge in [-0.05, 0) is 55.2 Å². The van der Waals surface area contributed by atoms with E-state index in [9.17, 15) is 9.59 Å². The number of rotatable bonds is 8. The van der Waals surface area contributed by atoms with Crippen molar-refractivity contribution in [2.45, 2.75) is 97.2 Å². The first-order valence-corrected chi connectivity index (χ1v) is 12.4. The van der Waals surface area contributed by atoms with Gasteiger partial charge in [-0.2, -0.15) is 0 Å². The Labute approximate surface area is 199 Å². The number of aryl methyl sites for hydroxylation is 2. The van der Waals surface area contributed by atoms with Gasteiger partial charge in [0, 0.05) is 19.0 Å². The van der Waals surface area contributed by atoms with Crippen molar-refractivity contribution in [1.29, 1.82) is 0 Å². The third-order valence-electron chi connectivity index (χ3n) is 6.79. The van der Waals surface area contributed by atoms with E-state index in [0.29, 0.717) is 19.4 Å². The van der Waals surface area contributed by atoms with Gasteiger partial charge in [0.1, 0.15) is 6.04 Å². The molecule has 1 atom stereocenters. The highest BCUT2D eigenvalue weighted by Crippen LogP contribution is 2.23. The number of benzene rings is 2. The summed E-state index contributed by atoms with van der Waals surface area (Å²) in [7, 11) is 0. The van der Waals surface area contributed by atoms with E-state index in [1.807, 2.05) is 19.1 Å². The normalized spacial score (nSPS) is 15.3. The maximum Gasteiger partial charge on any atom is 0.242 e. The first kappa shape index (κ1) is 25.0. The molecule has 0 aliphatic heterocycles. The van der Waals surface area contributed by atoms with E-state index in [4.69, 9.17) is 0 Å². The molecule has 33 heavy (non-hydrogen) atoms. The Morgan fingerprint density at radius 2 is 1.55 bits per heavy atom. The number of nitrogens with zero attached hydrogens (tertiary/aromatic N) is 1. The molecule has 1 aliphatic carbocycles. The van der Waals surface area contributed by atoms with Crippen LogP contribution in [0.1, 0.15) is 82.1 Å². The van der Waals surface area contributed by atoms with Gasteiger partial charge in [0.05, 0.1) is 0 Å². The summed E-state index contributed by atoms with van der Waals surface area (Å²) in [5.41, 5.74) is 4.78. The van der Waals surface area contributed by atoms with Crippen LogP contribution in [0.15, 0.2) is 48.5 Å². The van der Waals surface area contributed by atoms with Crippen LogP contribution in [0.25, 0.3) is 0 Å². The molecule has 4 nitrogen and oxygen atoms in total. The highest BCUT2D eigenvalue weighted by Gasteiger charge is 2.28. The molecule has 0 aromatic heterocycles. The van der Waals surface area contributed by atoms with Crippen molar-refractivity contribution in [2.24, 2.45) is 0 Å². The minimum atomic E-state index is -0.498. The second kappa shape index (κ2) is 11.0. The fourth-order valence-corrected chi connectivity index (χ4v) is 4.43. The van der Waals surface area contributed by atoms with E-state index in [1.54, 1.807) is 4.90 Å². The Kier molecular flexibility index (Phi) is 8.34. The van der Waals surface area contributed by atoms with E-state index >= 15 is 0 Å². The largest absolute Gasteiger partial charge is 0.352 e. The van der Waals surface area contributed by atoms with Crippen molar-refractivity contribution in [2.75, 3.05) is 0 Å². The van der Waals surface area contributed by atoms with E-state index in [-0.39, 0.29) is 23.3 Å². The monoisotopic (exact) mass is 448 g/mol. The molecule has 1 N–H and O–H groups in total. The first-order valence-electron chi connectivity index (χ1n) is 12.4. The molecule has 0 heterocycles. The summed E-state index contributed by atoms with van der Waals surface area (Å²) in [6, 6.07) is 16.5. The molecule has 1 saturated carbocycles. The van der Waals surface area contributed by atoms with Gasteiger partial charge >= 0.3 is 0 Å². The van der Waals surface area contributed by atoms with Crippen LogP contribution in [0.5, 0.6) is 0 Å². The molecule has 2 amide bonds. The van der Waals surface area contributed by atoms with Gasteiger partial charge in [-0.25, -0.2) is 0 Å². The third kappa shape index (κ3) is 7.18. The lowest BCUT2D eigenvalue weighted by Crippen LogP contribution is -2.49. The third-order valence-corrected chi connectivity index (χ3v) is 6.79. The molecule has 0 saturated heterocycles. The maximum absolute atomic E-state index is 13.3. The smallest absolute Gasteiger partial charge is 0.242 e. The summed E-state index contributed by atoms with van der Waals surface area (Å²) in [5, 5.41) is 3.17. The minimum Gasteiger partial charge on any atom is -0.352 e. The van der Waals surface area contributed by atoms with E-state index in [2.05, 4.69) is 69.4 Å². The van der Waals surface area contributed by atoms with Crippen molar-refractivity contribution < 1.29 is 9.59 Å². The van der Waals surface area contributed by atoms with Gasteiger partial charge in [0.25, 0.3) is 0 Å². The summed E-state index contributed by atoms with van der Waals surface area (Å²) in [6.45, 7) is 11.0. The van der Waals surface area contributed by atoms with E-state index in [1.165, 1.54) is 24.0 Å². The molecule has 1 fully saturated rings. The molecule has 2 aromatic carbocycles. The molecule has 3 rings (SSSR count). The van der Waals surface area contributed by atoms with Gasteiger partial charge in [0.15, 0.2) is 0 Å². The van der Waals surface area contributed by atoms with Crippen molar-refractivity contribution >= 4 is 11.8 Å². The zero-order chi connectivity index (χ0) is 24.0. The lowest BCUT2D eigenvalue weighted by molar-refractivity contribution is -0.140. The molecule has 4 heteroatoms. The SMILES string of the molecule is Cc1ccc(CN(C(=O)CCc2ccc(C(C)(C)C)cc2)[C@@H](C)C(=O)NC2CCCC2)cc1. The highest BCUT2D eigenvalue weighted by molar-refractivity contribution is 5.87. The fraction of sp³-hybridized carbons (Fsp3) is 0.517. The minimum absolute atomic E-state index is 0.0181. The van der Waals surface area contributed by atoms with Crippen LogP contribution in [0.2, 0.25) is 0 Å². The van der Waals surface area contributed by atoms with Gasteiger partial charge in [-0.3, -0.25) is 9.59 Å². The van der Waals surface area contributed by atoms with Crippen molar-refractivity contribution in [3.63, 3.8) is 0 Å². The van der Waals surface area contributed by atoms with Gasteiger partial charge in [0.2, 0.25) is 11.8 Å². The molecule has 0 spiro atoms. The van der Waals surface area contributed by atoms with Crippen molar-refractivity contribution in [3.8, 4) is 0 Å².